The Morgan fingerprint density at radius 3 is 0.822 bits per heavy atom. The van der Waals surface area contributed by atoms with Gasteiger partial charge in [-0.2, -0.15) is 253 Å². The molecule has 0 spiro atoms. The molecule has 0 heterocycles. The highest BCUT2D eigenvalue weighted by molar-refractivity contribution is 7.99. The van der Waals surface area contributed by atoms with E-state index in [-0.39, 0.29) is 47.4 Å². The van der Waals surface area contributed by atoms with Crippen LogP contribution in [0, 0.1) is 0 Å². The molecule has 4 aromatic carbocycles. The Morgan fingerprint density at radius 1 is 0.347 bits per heavy atom. The van der Waals surface area contributed by atoms with E-state index in [1.165, 1.54) is 64.1 Å². The molecule has 0 aromatic heterocycles. The number of aliphatic hydroxyl groups excluding tert-OH is 6. The number of carbonyl (C=O) groups is 4. The maximum absolute atomic E-state index is 10.2. The number of rotatable bonds is 34. The van der Waals surface area contributed by atoms with E-state index >= 15 is 0 Å². The highest BCUT2D eigenvalue weighted by Crippen LogP contribution is 2.29. The molecule has 0 saturated carbocycles. The lowest BCUT2D eigenvalue weighted by Crippen LogP contribution is -2.31. The summed E-state index contributed by atoms with van der Waals surface area (Å²) in [5.74, 6) is 5.89. The molecule has 0 radical (unpaired) electrons. The number of hydrogen-bond donors (Lipinski definition) is 32. The average Bonchev–Trinajstić information content (AvgIpc) is 0.918. The van der Waals surface area contributed by atoms with E-state index in [1.54, 1.807) is 11.8 Å². The molecule has 4 rings (SSSR count). The predicted molar refractivity (Wildman–Crippen MR) is 502 cm³/mol. The number of hydrogen-bond acceptors (Lipinski definition) is 34. The molecule has 0 aliphatic heterocycles. The summed E-state index contributed by atoms with van der Waals surface area (Å²) in [4.78, 5) is 45.0. The molecule has 0 bridgehead atoms. The summed E-state index contributed by atoms with van der Waals surface area (Å²) in [6.07, 6.45) is 2.14. The van der Waals surface area contributed by atoms with Crippen molar-refractivity contribution >= 4 is 313 Å². The number of ether oxygens (including phenoxy) is 1. The molecule has 10 N–H and O–H groups in total. The fourth-order valence-electron chi connectivity index (χ4n) is 5.27. The number of aliphatic carboxylic acids is 4. The van der Waals surface area contributed by atoms with E-state index in [2.05, 4.69) is 332 Å². The first-order chi connectivity index (χ1) is 47.8. The van der Waals surface area contributed by atoms with Crippen LogP contribution in [0.5, 0.6) is 0 Å². The first-order valence-electron chi connectivity index (χ1n) is 30.2. The molecule has 4 aromatic rings. The summed E-state index contributed by atoms with van der Waals surface area (Å²) in [6.45, 7) is 1.48. The first kappa shape index (κ1) is 117. The Balaban J connectivity index is -0.000000194. The molecule has 0 unspecified atom stereocenters. The van der Waals surface area contributed by atoms with Crippen LogP contribution in [0.4, 0.5) is 0 Å². The molecule has 15 nitrogen and oxygen atoms in total. The van der Waals surface area contributed by atoms with Gasteiger partial charge < -0.3 is 55.8 Å². The Bertz CT molecular complexity index is 2290. The van der Waals surface area contributed by atoms with Gasteiger partial charge in [0.25, 0.3) is 0 Å². The van der Waals surface area contributed by atoms with Gasteiger partial charge in [-0.05, 0) is 132 Å². The fourth-order valence-corrected chi connectivity index (χ4v) is 10.6. The van der Waals surface area contributed by atoms with Crippen LogP contribution in [0.25, 0.3) is 0 Å². The van der Waals surface area contributed by atoms with Crippen LogP contribution < -0.4 is 0 Å². The molecule has 0 saturated heterocycles. The Kier molecular flexibility index (Phi) is 98.3. The summed E-state index contributed by atoms with van der Waals surface area (Å²) in [6, 6.07) is 32.8. The second-order valence-electron chi connectivity index (χ2n) is 19.4. The lowest BCUT2D eigenvalue weighted by atomic mass is 10.1. The molecule has 0 aliphatic carbocycles. The Labute approximate surface area is 726 Å². The number of aliphatic hydroxyl groups is 6. The van der Waals surface area contributed by atoms with E-state index in [4.69, 9.17) is 55.8 Å². The van der Waals surface area contributed by atoms with Gasteiger partial charge in [-0.15, -0.1) is 25.3 Å². The van der Waals surface area contributed by atoms with E-state index in [1.807, 2.05) is 42.5 Å². The normalized spacial score (nSPS) is 13.0. The van der Waals surface area contributed by atoms with Gasteiger partial charge in [0.05, 0.1) is 60.3 Å². The summed E-state index contributed by atoms with van der Waals surface area (Å²) in [5, 5.41) is 81.6. The quantitative estimate of drug-likeness (QED) is 0.0153. The number of unbranched alkanes of at least 4 members (excludes halogenated alkanes) is 3. The molecule has 10 atom stereocenters. The second-order valence-corrected chi connectivity index (χ2v) is 30.1. The van der Waals surface area contributed by atoms with Gasteiger partial charge in [0, 0.05) is 88.6 Å². The van der Waals surface area contributed by atoms with Crippen molar-refractivity contribution in [3.8, 4) is 0 Å². The summed E-state index contributed by atoms with van der Waals surface area (Å²) in [5.41, 5.74) is 5.08. The predicted octanol–water partition coefficient (Wildman–Crippen LogP) is 13.0. The fraction of sp³-hybridized carbons (Fsp3) is 0.556. The molecular formula is C63H108O15S23. The minimum Gasteiger partial charge on any atom is -0.480 e. The van der Waals surface area contributed by atoms with Crippen molar-refractivity contribution < 1.29 is 75.0 Å². The molecule has 0 aliphatic rings. The van der Waals surface area contributed by atoms with Gasteiger partial charge >= 0.3 is 23.9 Å². The number of benzene rings is 4. The van der Waals surface area contributed by atoms with Gasteiger partial charge in [-0.25, -0.2) is 0 Å². The molecule has 588 valence electrons. The van der Waals surface area contributed by atoms with Crippen LogP contribution in [0.2, 0.25) is 0 Å². The summed E-state index contributed by atoms with van der Waals surface area (Å²) in [7, 11) is 0. The van der Waals surface area contributed by atoms with Crippen molar-refractivity contribution in [2.45, 2.75) is 145 Å². The van der Waals surface area contributed by atoms with Gasteiger partial charge in [-0.3, -0.25) is 19.2 Å². The lowest BCUT2D eigenvalue weighted by Gasteiger charge is -2.11. The highest BCUT2D eigenvalue weighted by atomic mass is 32.2. The smallest absolute Gasteiger partial charge is 0.318 e. The Morgan fingerprint density at radius 2 is 0.614 bits per heavy atom. The van der Waals surface area contributed by atoms with Gasteiger partial charge in [0.2, 0.25) is 0 Å². The standard InChI is InChI=1S/C12H10S3.2C8H10S2.C6H10O4S2.C5H12S2.C4H6O4S2.3C4H10O2S2.C4H10OS2.C4H10S2/c13-9-1-5-11(6-2-9)15-12-7-3-10(14)4-8-12;9-5-7-2-1-3-8(4-7)6-10;9-5-7-3-1-2-4-8(7)6-10;7-5(8)3(11)1-2-4(12)6(9)10;6-4-2-1-3-5-7;5-3(6)1(9)2(10)4(7)8;3*5-3(1-7)4(6)2-8;6-3-1-5-2-4-7;5-3-1-2-4-6/h1-8,13-14H;2*1-4,9-10H,5-6H2;3-4,11-12H,1-2H2,(H,7,8)(H,9,10);6-7H,1-5H2;1-2,9-10H,(H,5,6)(H,7,8);3*3-8H,1-2H2;6-7H,1-4H2;5-6H,1-4H2/t;;;3-,4+;;1-,2+;3-,4+;2*3-,4-;;/m.......10../s1. The van der Waals surface area contributed by atoms with Crippen molar-refractivity contribution in [2.75, 3.05) is 82.2 Å². The highest BCUT2D eigenvalue weighted by Gasteiger charge is 2.27. The van der Waals surface area contributed by atoms with Crippen LogP contribution >= 0.6 is 290 Å². The van der Waals surface area contributed by atoms with Gasteiger partial charge in [0.1, 0.15) is 10.5 Å². The number of carboxylic acid groups (broad SMARTS) is 4. The second kappa shape index (κ2) is 85.0. The largest absolute Gasteiger partial charge is 0.480 e. The third kappa shape index (κ3) is 77.6. The van der Waals surface area contributed by atoms with Crippen LogP contribution in [0.3, 0.4) is 0 Å². The number of thiol groups is 22. The van der Waals surface area contributed by atoms with E-state index in [0.29, 0.717) is 0 Å². The van der Waals surface area contributed by atoms with Crippen molar-refractivity contribution in [3.05, 3.63) is 119 Å². The molecule has 38 heteroatoms. The molecule has 101 heavy (non-hydrogen) atoms. The summed E-state index contributed by atoms with van der Waals surface area (Å²) >= 11 is 88.1. The maximum atomic E-state index is 10.2. The lowest BCUT2D eigenvalue weighted by molar-refractivity contribution is -0.142. The molecular weight excluding hydrogens is 1730 g/mol. The van der Waals surface area contributed by atoms with Crippen LogP contribution in [0.15, 0.2) is 117 Å². The zero-order chi connectivity index (χ0) is 79.1. The zero-order valence-corrected chi connectivity index (χ0v) is 75.9. The monoisotopic (exact) mass is 1840 g/mol. The van der Waals surface area contributed by atoms with Crippen molar-refractivity contribution in [2.24, 2.45) is 0 Å². The van der Waals surface area contributed by atoms with Gasteiger partial charge in [-0.1, -0.05) is 66.7 Å². The van der Waals surface area contributed by atoms with Crippen molar-refractivity contribution in [1.82, 2.24) is 0 Å². The summed E-state index contributed by atoms with van der Waals surface area (Å²) < 4.78 is 4.98. The minimum absolute atomic E-state index is 0.207. The SMILES string of the molecule is O=C(O)[C@@H](S)[C@@H](S)C(=O)O.O=C(O)[C@H](S)CC[C@H](S)C(=O)O.O[C@@H](CS)[C@@H](O)CS.O[C@H](CS)[C@@H](O)CS.O[C@H](CS)[C@H](O)CS.SCCCCCS.SCCCCS.SCCOCCS.SCc1cccc(CS)c1.SCc1ccccc1CS.Sc1ccc(Sc2ccc(S)cc2)cc1. The van der Waals surface area contributed by atoms with E-state index in [0.717, 1.165) is 80.5 Å². The maximum Gasteiger partial charge on any atom is 0.318 e. The van der Waals surface area contributed by atoms with Crippen LogP contribution in [-0.4, -0.2) is 215 Å². The average molecular weight is 1840 g/mol. The third-order valence-corrected chi connectivity index (χ3v) is 20.3. The third-order valence-electron chi connectivity index (χ3n) is 11.1. The van der Waals surface area contributed by atoms with Crippen LogP contribution in [0.1, 0.15) is 67.2 Å². The molecule has 0 fully saturated rings. The Hall–Kier alpha value is 2.53. The van der Waals surface area contributed by atoms with E-state index in [9.17, 15) is 19.2 Å². The van der Waals surface area contributed by atoms with Crippen molar-refractivity contribution in [3.63, 3.8) is 0 Å². The van der Waals surface area contributed by atoms with Crippen molar-refractivity contribution in [1.29, 1.82) is 0 Å². The van der Waals surface area contributed by atoms with E-state index < -0.39 is 81.5 Å². The molecule has 0 amide bonds. The number of carboxylic acids is 4. The topological polar surface area (TPSA) is 280 Å². The zero-order valence-electron chi connectivity index (χ0n) is 55.4. The van der Waals surface area contributed by atoms with Crippen LogP contribution in [-0.2, 0) is 46.9 Å². The minimum atomic E-state index is -1.29. The first-order valence-corrected chi connectivity index (χ1v) is 44.1. The van der Waals surface area contributed by atoms with Gasteiger partial charge in [0.15, 0.2) is 0 Å².